The first-order valence-electron chi connectivity index (χ1n) is 8.63. The predicted molar refractivity (Wildman–Crippen MR) is 117 cm³/mol. The number of thioether (sulfide) groups is 1. The van der Waals surface area contributed by atoms with Crippen LogP contribution in [0.25, 0.3) is 15.9 Å². The molecule has 0 saturated carbocycles. The predicted octanol–water partition coefficient (Wildman–Crippen LogP) is 4.16. The summed E-state index contributed by atoms with van der Waals surface area (Å²) in [6.45, 7) is 2.54. The molecular weight excluding hydrogens is 476 g/mol. The molecule has 0 spiro atoms. The number of halogens is 1. The number of carbonyl (C=O) groups is 1. The third kappa shape index (κ3) is 4.74. The number of hydrogen-bond donors (Lipinski definition) is 1. The van der Waals surface area contributed by atoms with Gasteiger partial charge in [0.2, 0.25) is 11.1 Å². The lowest BCUT2D eigenvalue weighted by Gasteiger charge is -2.04. The highest BCUT2D eigenvalue weighted by molar-refractivity contribution is 9.10. The average Bonchev–Trinajstić information content (AvgIpc) is 3.33. The molecule has 0 atom stereocenters. The van der Waals surface area contributed by atoms with Gasteiger partial charge >= 0.3 is 0 Å². The second kappa shape index (κ2) is 8.89. The van der Waals surface area contributed by atoms with Crippen LogP contribution in [0.3, 0.4) is 0 Å². The Hall–Kier alpha value is -2.50. The number of benzene rings is 2. The van der Waals surface area contributed by atoms with Gasteiger partial charge in [0.1, 0.15) is 5.75 Å². The molecule has 0 saturated heterocycles. The molecule has 8 nitrogen and oxygen atoms in total. The Labute approximate surface area is 182 Å². The molecule has 0 aliphatic heterocycles. The van der Waals surface area contributed by atoms with Crippen LogP contribution in [0, 0.1) is 0 Å². The maximum absolute atomic E-state index is 12.4. The van der Waals surface area contributed by atoms with Gasteiger partial charge in [0.25, 0.3) is 0 Å². The number of aromatic nitrogens is 5. The summed E-state index contributed by atoms with van der Waals surface area (Å²) >= 11 is 6.07. The molecule has 11 heteroatoms. The molecule has 2 aromatic carbocycles. The number of ether oxygens (including phenoxy) is 1. The van der Waals surface area contributed by atoms with Gasteiger partial charge in [-0.3, -0.25) is 4.79 Å². The number of fused-ring (bicyclic) bond motifs is 1. The van der Waals surface area contributed by atoms with Gasteiger partial charge in [0.05, 0.1) is 28.3 Å². The molecule has 1 N–H and O–H groups in total. The first-order valence-corrected chi connectivity index (χ1v) is 11.2. The van der Waals surface area contributed by atoms with Gasteiger partial charge < -0.3 is 10.1 Å². The Morgan fingerprint density at radius 3 is 2.90 bits per heavy atom. The van der Waals surface area contributed by atoms with Crippen molar-refractivity contribution in [2.24, 2.45) is 0 Å². The topological polar surface area (TPSA) is 94.8 Å². The maximum atomic E-state index is 12.4. The zero-order chi connectivity index (χ0) is 20.2. The number of carbonyl (C=O) groups excluding carboxylic acids is 1. The van der Waals surface area contributed by atoms with Gasteiger partial charge in [-0.1, -0.05) is 39.0 Å². The van der Waals surface area contributed by atoms with Gasteiger partial charge in [-0.15, -0.1) is 5.10 Å². The SMILES string of the molecule is CCOc1ccc2nc(NC(=O)CSc3nnnn3-c3ccc(Br)cc3)sc2c1. The van der Waals surface area contributed by atoms with Crippen LogP contribution < -0.4 is 10.1 Å². The van der Waals surface area contributed by atoms with Crippen molar-refractivity contribution in [1.82, 2.24) is 25.2 Å². The average molecular weight is 491 g/mol. The van der Waals surface area contributed by atoms with E-state index in [9.17, 15) is 4.79 Å². The molecule has 0 aliphatic carbocycles. The van der Waals surface area contributed by atoms with Crippen molar-refractivity contribution in [2.45, 2.75) is 12.1 Å². The van der Waals surface area contributed by atoms with Gasteiger partial charge in [0, 0.05) is 4.47 Å². The molecule has 2 aromatic heterocycles. The van der Waals surface area contributed by atoms with Crippen LogP contribution in [0.1, 0.15) is 6.92 Å². The molecule has 2 heterocycles. The molecule has 148 valence electrons. The van der Waals surface area contributed by atoms with E-state index in [4.69, 9.17) is 4.74 Å². The first kappa shape index (κ1) is 19.8. The minimum atomic E-state index is -0.176. The number of amides is 1. The molecule has 0 bridgehead atoms. The van der Waals surface area contributed by atoms with E-state index in [0.29, 0.717) is 16.9 Å². The second-order valence-electron chi connectivity index (χ2n) is 5.77. The molecule has 4 aromatic rings. The number of hydrogen-bond acceptors (Lipinski definition) is 8. The summed E-state index contributed by atoms with van der Waals surface area (Å²) < 4.78 is 9.02. The number of thiazole rings is 1. The van der Waals surface area contributed by atoms with Crippen molar-refractivity contribution in [3.63, 3.8) is 0 Å². The van der Waals surface area contributed by atoms with E-state index in [1.54, 1.807) is 4.68 Å². The zero-order valence-electron chi connectivity index (χ0n) is 15.2. The minimum absolute atomic E-state index is 0.164. The van der Waals surface area contributed by atoms with Gasteiger partial charge in [-0.2, -0.15) is 4.68 Å². The standard InChI is InChI=1S/C18H15BrN6O2S2/c1-2-27-13-7-8-14-15(9-13)29-17(20-14)21-16(26)10-28-18-22-23-24-25(18)12-5-3-11(19)4-6-12/h3-9H,2,10H2,1H3,(H,20,21,26). The van der Waals surface area contributed by atoms with Crippen molar-refractivity contribution in [2.75, 3.05) is 17.7 Å². The molecular formula is C18H15BrN6O2S2. The largest absolute Gasteiger partial charge is 0.494 e. The Balaban J connectivity index is 1.40. The fourth-order valence-electron chi connectivity index (χ4n) is 2.51. The van der Waals surface area contributed by atoms with Crippen LogP contribution in [0.15, 0.2) is 52.1 Å². The molecule has 0 fully saturated rings. The van der Waals surface area contributed by atoms with E-state index in [1.807, 2.05) is 49.4 Å². The maximum Gasteiger partial charge on any atom is 0.236 e. The van der Waals surface area contributed by atoms with Crippen LogP contribution in [-0.2, 0) is 4.79 Å². The van der Waals surface area contributed by atoms with E-state index in [2.05, 4.69) is 41.8 Å². The van der Waals surface area contributed by atoms with E-state index >= 15 is 0 Å². The highest BCUT2D eigenvalue weighted by Crippen LogP contribution is 2.29. The third-order valence-electron chi connectivity index (χ3n) is 3.76. The van der Waals surface area contributed by atoms with Gasteiger partial charge in [-0.05, 0) is 59.8 Å². The number of tetrazole rings is 1. The second-order valence-corrected chi connectivity index (χ2v) is 8.66. The lowest BCUT2D eigenvalue weighted by atomic mass is 10.3. The molecule has 0 radical (unpaired) electrons. The lowest BCUT2D eigenvalue weighted by Crippen LogP contribution is -2.14. The molecule has 0 aliphatic rings. The van der Waals surface area contributed by atoms with Crippen LogP contribution in [-0.4, -0.2) is 43.5 Å². The van der Waals surface area contributed by atoms with Crippen molar-refractivity contribution in [3.8, 4) is 11.4 Å². The first-order chi connectivity index (χ1) is 14.1. The van der Waals surface area contributed by atoms with Crippen molar-refractivity contribution in [3.05, 3.63) is 46.9 Å². The molecule has 1 amide bonds. The van der Waals surface area contributed by atoms with Gasteiger partial charge in [-0.25, -0.2) is 4.98 Å². The summed E-state index contributed by atoms with van der Waals surface area (Å²) in [5.74, 6) is 0.776. The summed E-state index contributed by atoms with van der Waals surface area (Å²) in [4.78, 5) is 16.8. The van der Waals surface area contributed by atoms with E-state index in [1.165, 1.54) is 23.1 Å². The summed E-state index contributed by atoms with van der Waals surface area (Å²) in [6, 6.07) is 13.3. The summed E-state index contributed by atoms with van der Waals surface area (Å²) in [5.41, 5.74) is 1.64. The lowest BCUT2D eigenvalue weighted by molar-refractivity contribution is -0.113. The molecule has 0 unspecified atom stereocenters. The fraction of sp³-hybridized carbons (Fsp3) is 0.167. The monoisotopic (exact) mass is 490 g/mol. The van der Waals surface area contributed by atoms with Crippen LogP contribution in [0.4, 0.5) is 5.13 Å². The Bertz CT molecular complexity index is 1140. The number of nitrogens with zero attached hydrogens (tertiary/aromatic N) is 5. The fourth-order valence-corrected chi connectivity index (χ4v) is 4.38. The Kier molecular flexibility index (Phi) is 6.07. The van der Waals surface area contributed by atoms with E-state index in [0.717, 1.165) is 26.1 Å². The molecule has 4 rings (SSSR count). The Morgan fingerprint density at radius 2 is 2.10 bits per heavy atom. The Morgan fingerprint density at radius 1 is 1.28 bits per heavy atom. The minimum Gasteiger partial charge on any atom is -0.494 e. The normalized spacial score (nSPS) is 11.0. The van der Waals surface area contributed by atoms with Crippen LogP contribution in [0.2, 0.25) is 0 Å². The number of rotatable bonds is 7. The van der Waals surface area contributed by atoms with Crippen molar-refractivity contribution < 1.29 is 9.53 Å². The molecule has 29 heavy (non-hydrogen) atoms. The summed E-state index contributed by atoms with van der Waals surface area (Å²) in [7, 11) is 0. The number of anilines is 1. The van der Waals surface area contributed by atoms with E-state index in [-0.39, 0.29) is 11.7 Å². The highest BCUT2D eigenvalue weighted by atomic mass is 79.9. The van der Waals surface area contributed by atoms with Gasteiger partial charge in [0.15, 0.2) is 5.13 Å². The summed E-state index contributed by atoms with van der Waals surface area (Å²) in [5, 5.41) is 15.6. The smallest absolute Gasteiger partial charge is 0.236 e. The van der Waals surface area contributed by atoms with Crippen LogP contribution >= 0.6 is 39.0 Å². The third-order valence-corrected chi connectivity index (χ3v) is 6.14. The van der Waals surface area contributed by atoms with Crippen LogP contribution in [0.5, 0.6) is 5.75 Å². The number of nitrogens with one attached hydrogen (secondary N) is 1. The quantitative estimate of drug-likeness (QED) is 0.388. The van der Waals surface area contributed by atoms with Crippen molar-refractivity contribution >= 4 is 60.3 Å². The summed E-state index contributed by atoms with van der Waals surface area (Å²) in [6.07, 6.45) is 0. The van der Waals surface area contributed by atoms with Crippen molar-refractivity contribution in [1.29, 1.82) is 0 Å². The zero-order valence-corrected chi connectivity index (χ0v) is 18.4. The van der Waals surface area contributed by atoms with E-state index < -0.39 is 0 Å². The highest BCUT2D eigenvalue weighted by Gasteiger charge is 2.13.